The van der Waals surface area contributed by atoms with E-state index in [1.807, 2.05) is 18.2 Å². The molecule has 0 amide bonds. The van der Waals surface area contributed by atoms with E-state index in [0.29, 0.717) is 11.8 Å². The van der Waals surface area contributed by atoms with Crippen molar-refractivity contribution in [1.82, 2.24) is 5.32 Å². The van der Waals surface area contributed by atoms with Gasteiger partial charge < -0.3 is 14.8 Å². The van der Waals surface area contributed by atoms with Crippen LogP contribution in [0.2, 0.25) is 0 Å². The second-order valence-electron chi connectivity index (χ2n) is 7.87. The van der Waals surface area contributed by atoms with E-state index >= 15 is 0 Å². The minimum atomic E-state index is -0.166. The average molecular weight is 390 g/mol. The number of rotatable bonds is 6. The summed E-state index contributed by atoms with van der Waals surface area (Å²) >= 11 is 1.71. The fourth-order valence-electron chi connectivity index (χ4n) is 4.71. The zero-order valence-corrected chi connectivity index (χ0v) is 16.7. The Morgan fingerprint density at radius 3 is 2.74 bits per heavy atom. The van der Waals surface area contributed by atoms with Gasteiger partial charge in [0.05, 0.1) is 24.2 Å². The molecule has 27 heavy (non-hydrogen) atoms. The van der Waals surface area contributed by atoms with Crippen LogP contribution in [-0.4, -0.2) is 25.9 Å². The maximum Gasteiger partial charge on any atom is 0.134 e. The number of halogens is 1. The first-order valence-corrected chi connectivity index (χ1v) is 10.8. The van der Waals surface area contributed by atoms with Gasteiger partial charge in [0, 0.05) is 19.0 Å². The van der Waals surface area contributed by atoms with Crippen molar-refractivity contribution in [2.45, 2.75) is 50.2 Å². The number of nitrogens with one attached hydrogen (secondary N) is 1. The van der Waals surface area contributed by atoms with Gasteiger partial charge in [-0.25, -0.2) is 4.39 Å². The fourth-order valence-corrected chi connectivity index (χ4v) is 5.51. The van der Waals surface area contributed by atoms with Gasteiger partial charge >= 0.3 is 0 Å². The van der Waals surface area contributed by atoms with E-state index in [9.17, 15) is 4.39 Å². The van der Waals surface area contributed by atoms with Crippen molar-refractivity contribution in [3.05, 3.63) is 52.0 Å². The molecule has 2 heterocycles. The van der Waals surface area contributed by atoms with Crippen molar-refractivity contribution in [3.63, 3.8) is 0 Å². The highest BCUT2D eigenvalue weighted by molar-refractivity contribution is 7.10. The first kappa shape index (κ1) is 18.9. The normalized spacial score (nSPS) is 24.4. The molecule has 3 nitrogen and oxygen atoms in total. The first-order chi connectivity index (χ1) is 13.2. The van der Waals surface area contributed by atoms with Gasteiger partial charge in [0.1, 0.15) is 11.6 Å². The molecule has 1 N–H and O–H groups in total. The molecule has 2 atom stereocenters. The molecule has 0 bridgehead atoms. The SMILES string of the molecule is COc1ccsc1CNCC1COC2(CCCC2)CC1c1ccc(F)cc1. The standard InChI is InChI=1S/C22H28FNO2S/c1-25-20-8-11-27-21(20)14-24-13-17-15-26-22(9-2-3-10-22)12-19(17)16-4-6-18(23)7-5-16/h4-8,11,17,19,24H,2-3,9-10,12-15H2,1H3. The van der Waals surface area contributed by atoms with Crippen molar-refractivity contribution in [2.75, 3.05) is 20.3 Å². The molecular formula is C22H28FNO2S. The summed E-state index contributed by atoms with van der Waals surface area (Å²) in [7, 11) is 1.71. The zero-order chi connectivity index (χ0) is 18.7. The van der Waals surface area contributed by atoms with Crippen LogP contribution in [0.3, 0.4) is 0 Å². The second-order valence-corrected chi connectivity index (χ2v) is 8.87. The Kier molecular flexibility index (Phi) is 5.81. The second kappa shape index (κ2) is 8.29. The Hall–Kier alpha value is -1.43. The molecule has 146 valence electrons. The topological polar surface area (TPSA) is 30.5 Å². The lowest BCUT2D eigenvalue weighted by Gasteiger charge is -2.43. The number of ether oxygens (including phenoxy) is 2. The summed E-state index contributed by atoms with van der Waals surface area (Å²) in [6.45, 7) is 2.47. The highest BCUT2D eigenvalue weighted by Crippen LogP contribution is 2.47. The van der Waals surface area contributed by atoms with Crippen LogP contribution in [0.5, 0.6) is 5.75 Å². The smallest absolute Gasteiger partial charge is 0.134 e. The highest BCUT2D eigenvalue weighted by atomic mass is 32.1. The summed E-state index contributed by atoms with van der Waals surface area (Å²) in [6.07, 6.45) is 5.90. The monoisotopic (exact) mass is 389 g/mol. The lowest BCUT2D eigenvalue weighted by molar-refractivity contribution is -0.105. The average Bonchev–Trinajstić information content (AvgIpc) is 3.33. The van der Waals surface area contributed by atoms with Crippen molar-refractivity contribution >= 4 is 11.3 Å². The molecule has 5 heteroatoms. The van der Waals surface area contributed by atoms with Crippen LogP contribution in [0.1, 0.15) is 48.5 Å². The summed E-state index contributed by atoms with van der Waals surface area (Å²) in [4.78, 5) is 1.22. The van der Waals surface area contributed by atoms with Gasteiger partial charge in [-0.05, 0) is 54.3 Å². The van der Waals surface area contributed by atoms with E-state index in [1.54, 1.807) is 30.6 Å². The fraction of sp³-hybridized carbons (Fsp3) is 0.545. The molecule has 1 aromatic heterocycles. The van der Waals surface area contributed by atoms with Gasteiger partial charge in [0.25, 0.3) is 0 Å². The summed E-state index contributed by atoms with van der Waals surface area (Å²) in [5, 5.41) is 5.66. The maximum absolute atomic E-state index is 13.4. The molecule has 1 aromatic carbocycles. The molecule has 1 aliphatic heterocycles. The van der Waals surface area contributed by atoms with Crippen molar-refractivity contribution in [1.29, 1.82) is 0 Å². The molecule has 4 rings (SSSR count). The molecule has 1 saturated carbocycles. The lowest BCUT2D eigenvalue weighted by Crippen LogP contribution is -2.44. The van der Waals surface area contributed by atoms with E-state index in [0.717, 1.165) is 44.7 Å². The van der Waals surface area contributed by atoms with Crippen LogP contribution in [-0.2, 0) is 11.3 Å². The number of hydrogen-bond donors (Lipinski definition) is 1. The van der Waals surface area contributed by atoms with E-state index in [1.165, 1.54) is 23.3 Å². The maximum atomic E-state index is 13.4. The highest BCUT2D eigenvalue weighted by Gasteiger charge is 2.43. The van der Waals surface area contributed by atoms with Crippen molar-refractivity contribution in [2.24, 2.45) is 5.92 Å². The van der Waals surface area contributed by atoms with Crippen molar-refractivity contribution < 1.29 is 13.9 Å². The van der Waals surface area contributed by atoms with Gasteiger partial charge in [-0.2, -0.15) is 0 Å². The van der Waals surface area contributed by atoms with Crippen LogP contribution in [0.4, 0.5) is 4.39 Å². The summed E-state index contributed by atoms with van der Waals surface area (Å²) < 4.78 is 25.2. The lowest BCUT2D eigenvalue weighted by atomic mass is 9.75. The van der Waals surface area contributed by atoms with E-state index in [2.05, 4.69) is 10.7 Å². The van der Waals surface area contributed by atoms with Crippen molar-refractivity contribution in [3.8, 4) is 5.75 Å². The van der Waals surface area contributed by atoms with E-state index in [4.69, 9.17) is 9.47 Å². The van der Waals surface area contributed by atoms with Crippen LogP contribution < -0.4 is 10.1 Å². The summed E-state index contributed by atoms with van der Waals surface area (Å²) in [6, 6.07) is 9.11. The Balaban J connectivity index is 1.45. The van der Waals surface area contributed by atoms with Gasteiger partial charge in [-0.15, -0.1) is 11.3 Å². The van der Waals surface area contributed by atoms with Crippen LogP contribution in [0.15, 0.2) is 35.7 Å². The first-order valence-electron chi connectivity index (χ1n) is 9.90. The zero-order valence-electron chi connectivity index (χ0n) is 15.9. The van der Waals surface area contributed by atoms with Gasteiger partial charge in [-0.3, -0.25) is 0 Å². The molecule has 2 unspecified atom stereocenters. The Bertz CT molecular complexity index is 739. The third-order valence-electron chi connectivity index (χ3n) is 6.19. The quantitative estimate of drug-likeness (QED) is 0.744. The summed E-state index contributed by atoms with van der Waals surface area (Å²) in [5.74, 6) is 1.59. The number of thiophene rings is 1. The molecule has 2 fully saturated rings. The van der Waals surface area contributed by atoms with Crippen LogP contribution in [0, 0.1) is 11.7 Å². The van der Waals surface area contributed by atoms with Crippen LogP contribution >= 0.6 is 11.3 Å². The van der Waals surface area contributed by atoms with Gasteiger partial charge in [-0.1, -0.05) is 25.0 Å². The van der Waals surface area contributed by atoms with Gasteiger partial charge in [0.2, 0.25) is 0 Å². The third-order valence-corrected chi connectivity index (χ3v) is 7.10. The summed E-state index contributed by atoms with van der Waals surface area (Å²) in [5.41, 5.74) is 1.29. The molecule has 1 aliphatic carbocycles. The minimum absolute atomic E-state index is 0.0481. The minimum Gasteiger partial charge on any atom is -0.496 e. The molecule has 1 saturated heterocycles. The van der Waals surface area contributed by atoms with E-state index < -0.39 is 0 Å². The predicted molar refractivity (Wildman–Crippen MR) is 107 cm³/mol. The number of hydrogen-bond acceptors (Lipinski definition) is 4. The van der Waals surface area contributed by atoms with E-state index in [-0.39, 0.29) is 11.4 Å². The molecule has 0 radical (unpaired) electrons. The third kappa shape index (κ3) is 4.20. The Morgan fingerprint density at radius 1 is 1.22 bits per heavy atom. The predicted octanol–water partition coefficient (Wildman–Crippen LogP) is 5.12. The molecule has 1 spiro atoms. The Morgan fingerprint density at radius 2 is 2.00 bits per heavy atom. The van der Waals surface area contributed by atoms with Gasteiger partial charge in [0.15, 0.2) is 0 Å². The molecule has 2 aliphatic rings. The Labute approximate surface area is 164 Å². The largest absolute Gasteiger partial charge is 0.496 e. The molecule has 2 aromatic rings. The number of benzene rings is 1. The number of methoxy groups -OCH3 is 1. The van der Waals surface area contributed by atoms with Crippen LogP contribution in [0.25, 0.3) is 0 Å². The molecular weight excluding hydrogens is 361 g/mol.